The molecule has 2 heterocycles. The first kappa shape index (κ1) is 15.8. The van der Waals surface area contributed by atoms with Crippen LogP contribution in [0.15, 0.2) is 18.2 Å². The molecule has 6 nitrogen and oxygen atoms in total. The molecule has 2 saturated heterocycles. The summed E-state index contributed by atoms with van der Waals surface area (Å²) in [4.78, 5) is 26.1. The van der Waals surface area contributed by atoms with Crippen LogP contribution in [0.5, 0.6) is 5.75 Å². The number of nitrogens with zero attached hydrogens (tertiary/aromatic N) is 1. The lowest BCUT2D eigenvalue weighted by Crippen LogP contribution is -2.35. The molecular weight excluding hydrogens is 294 g/mol. The van der Waals surface area contributed by atoms with Crippen LogP contribution in [0.4, 0.5) is 11.4 Å². The van der Waals surface area contributed by atoms with E-state index in [0.717, 1.165) is 25.1 Å². The Hall–Kier alpha value is -2.08. The predicted octanol–water partition coefficient (Wildman–Crippen LogP) is 1.76. The molecule has 2 N–H and O–H groups in total. The number of amides is 2. The van der Waals surface area contributed by atoms with Gasteiger partial charge in [-0.25, -0.2) is 0 Å². The predicted molar refractivity (Wildman–Crippen MR) is 88.8 cm³/mol. The summed E-state index contributed by atoms with van der Waals surface area (Å²) in [5.74, 6) is 0.729. The van der Waals surface area contributed by atoms with E-state index in [0.29, 0.717) is 30.9 Å². The summed E-state index contributed by atoms with van der Waals surface area (Å²) in [6, 6.07) is 5.45. The van der Waals surface area contributed by atoms with Crippen molar-refractivity contribution in [1.29, 1.82) is 0 Å². The minimum absolute atomic E-state index is 0.00884. The van der Waals surface area contributed by atoms with Crippen LogP contribution in [0.3, 0.4) is 0 Å². The highest BCUT2D eigenvalue weighted by molar-refractivity contribution is 5.99. The van der Waals surface area contributed by atoms with E-state index in [9.17, 15) is 9.59 Å². The van der Waals surface area contributed by atoms with Crippen molar-refractivity contribution in [1.82, 2.24) is 5.32 Å². The maximum Gasteiger partial charge on any atom is 0.231 e. The number of hydrogen-bond acceptors (Lipinski definition) is 4. The zero-order valence-corrected chi connectivity index (χ0v) is 13.6. The zero-order valence-electron chi connectivity index (χ0n) is 13.6. The molecule has 2 aliphatic heterocycles. The average molecular weight is 317 g/mol. The first-order valence-corrected chi connectivity index (χ1v) is 8.04. The molecule has 1 atom stereocenters. The van der Waals surface area contributed by atoms with Crippen molar-refractivity contribution in [3.63, 3.8) is 0 Å². The Balaban J connectivity index is 1.79. The van der Waals surface area contributed by atoms with Gasteiger partial charge in [0.05, 0.1) is 18.2 Å². The van der Waals surface area contributed by atoms with Gasteiger partial charge in [0.2, 0.25) is 11.8 Å². The van der Waals surface area contributed by atoms with Gasteiger partial charge in [0.1, 0.15) is 5.75 Å². The number of carbonyl (C=O) groups is 2. The zero-order chi connectivity index (χ0) is 16.4. The van der Waals surface area contributed by atoms with Crippen molar-refractivity contribution in [2.45, 2.75) is 26.2 Å². The third kappa shape index (κ3) is 3.03. The highest BCUT2D eigenvalue weighted by Gasteiger charge is 2.36. The van der Waals surface area contributed by atoms with Gasteiger partial charge >= 0.3 is 0 Å². The van der Waals surface area contributed by atoms with Gasteiger partial charge in [0, 0.05) is 31.3 Å². The van der Waals surface area contributed by atoms with E-state index in [4.69, 9.17) is 4.74 Å². The highest BCUT2D eigenvalue weighted by atomic mass is 16.5. The van der Waals surface area contributed by atoms with Crippen molar-refractivity contribution >= 4 is 23.2 Å². The van der Waals surface area contributed by atoms with E-state index in [1.807, 2.05) is 19.1 Å². The van der Waals surface area contributed by atoms with Crippen LogP contribution in [-0.2, 0) is 9.59 Å². The molecule has 0 saturated carbocycles. The summed E-state index contributed by atoms with van der Waals surface area (Å²) in [7, 11) is 1.58. The van der Waals surface area contributed by atoms with E-state index in [1.54, 1.807) is 18.1 Å². The SMILES string of the molecule is COc1cc(NC(=O)C2(C)CCNC2)ccc1N1CCCC1=O. The number of ether oxygens (including phenoxy) is 1. The number of benzene rings is 1. The molecule has 2 fully saturated rings. The molecule has 0 bridgehead atoms. The van der Waals surface area contributed by atoms with Crippen LogP contribution in [0.1, 0.15) is 26.2 Å². The molecule has 6 heteroatoms. The quantitative estimate of drug-likeness (QED) is 0.888. The van der Waals surface area contributed by atoms with Crippen LogP contribution < -0.4 is 20.3 Å². The largest absolute Gasteiger partial charge is 0.494 e. The maximum absolute atomic E-state index is 12.5. The second kappa shape index (κ2) is 6.20. The van der Waals surface area contributed by atoms with Gasteiger partial charge in [-0.2, -0.15) is 0 Å². The molecule has 2 amide bonds. The van der Waals surface area contributed by atoms with E-state index < -0.39 is 0 Å². The summed E-state index contributed by atoms with van der Waals surface area (Å²) in [5, 5.41) is 6.19. The Labute approximate surface area is 136 Å². The molecular formula is C17H23N3O3. The summed E-state index contributed by atoms with van der Waals surface area (Å²) in [5.41, 5.74) is 1.08. The molecule has 1 unspecified atom stereocenters. The van der Waals surface area contributed by atoms with E-state index in [-0.39, 0.29) is 17.2 Å². The molecule has 23 heavy (non-hydrogen) atoms. The van der Waals surface area contributed by atoms with Crippen LogP contribution in [-0.4, -0.2) is 38.6 Å². The van der Waals surface area contributed by atoms with Gasteiger partial charge in [-0.3, -0.25) is 9.59 Å². The Kier molecular flexibility index (Phi) is 4.26. The molecule has 0 aromatic heterocycles. The lowest BCUT2D eigenvalue weighted by atomic mass is 9.89. The molecule has 1 aromatic rings. The van der Waals surface area contributed by atoms with Crippen LogP contribution >= 0.6 is 0 Å². The molecule has 0 aliphatic carbocycles. The summed E-state index contributed by atoms with van der Waals surface area (Å²) >= 11 is 0. The van der Waals surface area contributed by atoms with Gasteiger partial charge < -0.3 is 20.3 Å². The third-order valence-electron chi connectivity index (χ3n) is 4.72. The number of nitrogens with one attached hydrogen (secondary N) is 2. The standard InChI is InChI=1S/C17H23N3O3/c1-17(7-8-18-11-17)16(22)19-12-5-6-13(14(10-12)23-2)20-9-3-4-15(20)21/h5-6,10,18H,3-4,7-9,11H2,1-2H3,(H,19,22). The van der Waals surface area contributed by atoms with E-state index >= 15 is 0 Å². The smallest absolute Gasteiger partial charge is 0.231 e. The Morgan fingerprint density at radius 2 is 2.26 bits per heavy atom. The summed E-state index contributed by atoms with van der Waals surface area (Å²) < 4.78 is 5.42. The van der Waals surface area contributed by atoms with Gasteiger partial charge in [-0.1, -0.05) is 0 Å². The molecule has 1 aromatic carbocycles. The highest BCUT2D eigenvalue weighted by Crippen LogP contribution is 2.34. The van der Waals surface area contributed by atoms with Gasteiger partial charge in [-0.05, 0) is 38.4 Å². The summed E-state index contributed by atoms with van der Waals surface area (Å²) in [6.07, 6.45) is 2.27. The number of carbonyl (C=O) groups excluding carboxylic acids is 2. The molecule has 124 valence electrons. The number of hydrogen-bond donors (Lipinski definition) is 2. The van der Waals surface area contributed by atoms with Crippen molar-refractivity contribution < 1.29 is 14.3 Å². The number of methoxy groups -OCH3 is 1. The lowest BCUT2D eigenvalue weighted by molar-refractivity contribution is -0.123. The maximum atomic E-state index is 12.5. The van der Waals surface area contributed by atoms with Gasteiger partial charge in [0.15, 0.2) is 0 Å². The topological polar surface area (TPSA) is 70.7 Å². The normalized spacial score (nSPS) is 24.1. The fourth-order valence-corrected chi connectivity index (χ4v) is 3.17. The molecule has 0 spiro atoms. The molecule has 3 rings (SSSR count). The van der Waals surface area contributed by atoms with Crippen molar-refractivity contribution in [2.75, 3.05) is 37.0 Å². The first-order chi connectivity index (χ1) is 11.0. The fraction of sp³-hybridized carbons (Fsp3) is 0.529. The Bertz CT molecular complexity index is 624. The fourth-order valence-electron chi connectivity index (χ4n) is 3.17. The van der Waals surface area contributed by atoms with Gasteiger partial charge in [0.25, 0.3) is 0 Å². The van der Waals surface area contributed by atoms with Crippen LogP contribution in [0.25, 0.3) is 0 Å². The van der Waals surface area contributed by atoms with Crippen LogP contribution in [0, 0.1) is 5.41 Å². The minimum atomic E-state index is -0.378. The molecule has 0 radical (unpaired) electrons. The first-order valence-electron chi connectivity index (χ1n) is 8.04. The minimum Gasteiger partial charge on any atom is -0.494 e. The second-order valence-corrected chi connectivity index (χ2v) is 6.48. The number of rotatable bonds is 4. The third-order valence-corrected chi connectivity index (χ3v) is 4.72. The van der Waals surface area contributed by atoms with Crippen molar-refractivity contribution in [3.8, 4) is 5.75 Å². The van der Waals surface area contributed by atoms with Crippen molar-refractivity contribution in [2.24, 2.45) is 5.41 Å². The second-order valence-electron chi connectivity index (χ2n) is 6.48. The Morgan fingerprint density at radius 3 is 2.87 bits per heavy atom. The van der Waals surface area contributed by atoms with E-state index in [2.05, 4.69) is 10.6 Å². The van der Waals surface area contributed by atoms with Crippen molar-refractivity contribution in [3.05, 3.63) is 18.2 Å². The monoisotopic (exact) mass is 317 g/mol. The average Bonchev–Trinajstić information content (AvgIpc) is 3.17. The van der Waals surface area contributed by atoms with Gasteiger partial charge in [-0.15, -0.1) is 0 Å². The lowest BCUT2D eigenvalue weighted by Gasteiger charge is -2.23. The molecule has 2 aliphatic rings. The number of anilines is 2. The van der Waals surface area contributed by atoms with Crippen LogP contribution in [0.2, 0.25) is 0 Å². The summed E-state index contributed by atoms with van der Waals surface area (Å²) in [6.45, 7) is 4.24. The van der Waals surface area contributed by atoms with E-state index in [1.165, 1.54) is 0 Å². The Morgan fingerprint density at radius 1 is 1.43 bits per heavy atom.